The minimum atomic E-state index is -0.136. The second-order valence-corrected chi connectivity index (χ2v) is 7.09. The van der Waals surface area contributed by atoms with E-state index < -0.39 is 0 Å². The SMILES string of the molecule is CC(NC(=O)CON=C(N)Cc1cccnc1)C1CC2CCC1C2. The van der Waals surface area contributed by atoms with Crippen molar-refractivity contribution in [3.63, 3.8) is 0 Å². The van der Waals surface area contributed by atoms with Crippen LogP contribution in [0, 0.1) is 17.8 Å². The fourth-order valence-corrected chi connectivity index (χ4v) is 4.23. The first-order valence-corrected chi connectivity index (χ1v) is 8.74. The van der Waals surface area contributed by atoms with Gasteiger partial charge in [0.1, 0.15) is 5.84 Å². The van der Waals surface area contributed by atoms with E-state index in [1.807, 2.05) is 12.1 Å². The summed E-state index contributed by atoms with van der Waals surface area (Å²) in [5.74, 6) is 2.49. The predicted molar refractivity (Wildman–Crippen MR) is 92.1 cm³/mol. The Morgan fingerprint density at radius 1 is 1.50 bits per heavy atom. The number of amidine groups is 1. The van der Waals surface area contributed by atoms with Crippen LogP contribution in [0.5, 0.6) is 0 Å². The number of rotatable bonds is 7. The van der Waals surface area contributed by atoms with Gasteiger partial charge in [-0.05, 0) is 55.6 Å². The maximum Gasteiger partial charge on any atom is 0.260 e. The van der Waals surface area contributed by atoms with Gasteiger partial charge in [0.2, 0.25) is 0 Å². The number of oxime groups is 1. The van der Waals surface area contributed by atoms with Gasteiger partial charge in [0.25, 0.3) is 5.91 Å². The van der Waals surface area contributed by atoms with E-state index in [1.165, 1.54) is 25.7 Å². The number of aromatic nitrogens is 1. The summed E-state index contributed by atoms with van der Waals surface area (Å²) in [7, 11) is 0. The first-order chi connectivity index (χ1) is 11.6. The van der Waals surface area contributed by atoms with E-state index in [1.54, 1.807) is 12.4 Å². The fourth-order valence-electron chi connectivity index (χ4n) is 4.23. The third kappa shape index (κ3) is 4.24. The van der Waals surface area contributed by atoms with Crippen LogP contribution in [0.2, 0.25) is 0 Å². The minimum Gasteiger partial charge on any atom is -0.384 e. The first-order valence-electron chi connectivity index (χ1n) is 8.74. The summed E-state index contributed by atoms with van der Waals surface area (Å²) in [6.07, 6.45) is 9.18. The smallest absolute Gasteiger partial charge is 0.260 e. The Labute approximate surface area is 142 Å². The molecule has 2 aliphatic carbocycles. The zero-order chi connectivity index (χ0) is 16.9. The van der Waals surface area contributed by atoms with E-state index in [4.69, 9.17) is 10.6 Å². The second-order valence-electron chi connectivity index (χ2n) is 7.09. The highest BCUT2D eigenvalue weighted by molar-refractivity contribution is 5.82. The van der Waals surface area contributed by atoms with Gasteiger partial charge < -0.3 is 15.9 Å². The fraction of sp³-hybridized carbons (Fsp3) is 0.611. The molecule has 6 nitrogen and oxygen atoms in total. The Kier molecular flexibility index (Phi) is 5.33. The van der Waals surface area contributed by atoms with Crippen molar-refractivity contribution in [3.05, 3.63) is 30.1 Å². The Bertz CT molecular complexity index is 590. The molecule has 4 atom stereocenters. The molecule has 2 aliphatic rings. The summed E-state index contributed by atoms with van der Waals surface area (Å²) in [5, 5.41) is 6.85. The van der Waals surface area contributed by atoms with Gasteiger partial charge in [0, 0.05) is 24.9 Å². The van der Waals surface area contributed by atoms with Crippen molar-refractivity contribution in [1.29, 1.82) is 0 Å². The Morgan fingerprint density at radius 2 is 2.38 bits per heavy atom. The number of pyridine rings is 1. The zero-order valence-electron chi connectivity index (χ0n) is 14.1. The number of hydrogen-bond donors (Lipinski definition) is 2. The van der Waals surface area contributed by atoms with E-state index in [9.17, 15) is 4.79 Å². The summed E-state index contributed by atoms with van der Waals surface area (Å²) >= 11 is 0. The molecule has 3 N–H and O–H groups in total. The summed E-state index contributed by atoms with van der Waals surface area (Å²) < 4.78 is 0. The number of nitrogens with two attached hydrogens (primary N) is 1. The van der Waals surface area contributed by atoms with Crippen LogP contribution in [0.1, 0.15) is 38.2 Å². The van der Waals surface area contributed by atoms with E-state index in [0.29, 0.717) is 18.2 Å². The summed E-state index contributed by atoms with van der Waals surface area (Å²) in [6, 6.07) is 3.96. The van der Waals surface area contributed by atoms with Gasteiger partial charge in [-0.15, -0.1) is 0 Å². The highest BCUT2D eigenvalue weighted by atomic mass is 16.6. The third-order valence-corrected chi connectivity index (χ3v) is 5.31. The van der Waals surface area contributed by atoms with Crippen molar-refractivity contribution in [3.8, 4) is 0 Å². The van der Waals surface area contributed by atoms with Gasteiger partial charge in [-0.3, -0.25) is 9.78 Å². The molecule has 2 bridgehead atoms. The molecule has 4 unspecified atom stereocenters. The van der Waals surface area contributed by atoms with Gasteiger partial charge in [-0.1, -0.05) is 17.6 Å². The molecule has 0 aliphatic heterocycles. The van der Waals surface area contributed by atoms with E-state index in [2.05, 4.69) is 22.4 Å². The quantitative estimate of drug-likeness (QED) is 0.453. The van der Waals surface area contributed by atoms with Crippen molar-refractivity contribution in [2.24, 2.45) is 28.6 Å². The maximum atomic E-state index is 12.0. The third-order valence-electron chi connectivity index (χ3n) is 5.31. The lowest BCUT2D eigenvalue weighted by molar-refractivity contribution is -0.126. The van der Waals surface area contributed by atoms with Crippen LogP contribution in [0.15, 0.2) is 29.7 Å². The Balaban J connectivity index is 1.38. The molecule has 0 aromatic carbocycles. The number of carbonyl (C=O) groups is 1. The van der Waals surface area contributed by atoms with Crippen molar-refractivity contribution < 1.29 is 9.63 Å². The molecule has 2 saturated carbocycles. The van der Waals surface area contributed by atoms with Crippen LogP contribution in [0.25, 0.3) is 0 Å². The topological polar surface area (TPSA) is 89.6 Å². The first kappa shape index (κ1) is 16.7. The lowest BCUT2D eigenvalue weighted by Crippen LogP contribution is -2.41. The van der Waals surface area contributed by atoms with Crippen molar-refractivity contribution >= 4 is 11.7 Å². The molecule has 1 aromatic heterocycles. The standard InChI is InChI=1S/C18H26N4O2/c1-12(16-8-13-4-5-15(16)7-13)21-18(23)11-24-22-17(19)9-14-3-2-6-20-10-14/h2-3,6,10,12-13,15-16H,4-5,7-9,11H2,1H3,(H2,19,22)(H,21,23). The number of amides is 1. The number of nitrogens with zero attached hydrogens (tertiary/aromatic N) is 2. The van der Waals surface area contributed by atoms with E-state index in [-0.39, 0.29) is 18.6 Å². The molecule has 0 spiro atoms. The molecule has 130 valence electrons. The van der Waals surface area contributed by atoms with Crippen LogP contribution in [-0.2, 0) is 16.1 Å². The van der Waals surface area contributed by atoms with Crippen LogP contribution < -0.4 is 11.1 Å². The lowest BCUT2D eigenvalue weighted by Gasteiger charge is -2.28. The van der Waals surface area contributed by atoms with Gasteiger partial charge in [0.15, 0.2) is 6.61 Å². The molecule has 0 radical (unpaired) electrons. The predicted octanol–water partition coefficient (Wildman–Crippen LogP) is 1.85. The molecule has 1 aromatic rings. The minimum absolute atomic E-state index is 0.0983. The van der Waals surface area contributed by atoms with Gasteiger partial charge in [-0.25, -0.2) is 0 Å². The van der Waals surface area contributed by atoms with Crippen molar-refractivity contribution in [2.75, 3.05) is 6.61 Å². The van der Waals surface area contributed by atoms with Crippen LogP contribution in [-0.4, -0.2) is 29.4 Å². The normalized spacial score (nSPS) is 27.0. The summed E-state index contributed by atoms with van der Waals surface area (Å²) in [5.41, 5.74) is 6.75. The average molecular weight is 330 g/mol. The molecule has 0 saturated heterocycles. The van der Waals surface area contributed by atoms with Crippen LogP contribution in [0.4, 0.5) is 0 Å². The summed E-state index contributed by atoms with van der Waals surface area (Å²) in [4.78, 5) is 21.1. The number of fused-ring (bicyclic) bond motifs is 2. The highest BCUT2D eigenvalue weighted by Crippen LogP contribution is 2.49. The molecule has 6 heteroatoms. The lowest BCUT2D eigenvalue weighted by atomic mass is 9.84. The van der Waals surface area contributed by atoms with Crippen molar-refractivity contribution in [1.82, 2.24) is 10.3 Å². The number of hydrogen-bond acceptors (Lipinski definition) is 4. The molecule has 1 heterocycles. The molecule has 1 amide bonds. The molecule has 24 heavy (non-hydrogen) atoms. The monoisotopic (exact) mass is 330 g/mol. The Morgan fingerprint density at radius 3 is 3.04 bits per heavy atom. The Hall–Kier alpha value is -2.11. The van der Waals surface area contributed by atoms with Crippen LogP contribution in [0.3, 0.4) is 0 Å². The summed E-state index contributed by atoms with van der Waals surface area (Å²) in [6.45, 7) is 2.00. The van der Waals surface area contributed by atoms with Gasteiger partial charge >= 0.3 is 0 Å². The largest absolute Gasteiger partial charge is 0.384 e. The van der Waals surface area contributed by atoms with E-state index in [0.717, 1.165) is 17.4 Å². The second kappa shape index (κ2) is 7.64. The van der Waals surface area contributed by atoms with Crippen molar-refractivity contribution in [2.45, 2.75) is 45.1 Å². The average Bonchev–Trinajstić information content (AvgIpc) is 3.19. The molecule has 3 rings (SSSR count). The highest BCUT2D eigenvalue weighted by Gasteiger charge is 2.42. The van der Waals surface area contributed by atoms with Gasteiger partial charge in [-0.2, -0.15) is 0 Å². The number of nitrogens with one attached hydrogen (secondary N) is 1. The molecule has 2 fully saturated rings. The molecular formula is C18H26N4O2. The maximum absolute atomic E-state index is 12.0. The van der Waals surface area contributed by atoms with Gasteiger partial charge in [0.05, 0.1) is 0 Å². The molecular weight excluding hydrogens is 304 g/mol. The van der Waals surface area contributed by atoms with E-state index >= 15 is 0 Å². The zero-order valence-corrected chi connectivity index (χ0v) is 14.1. The van der Waals surface area contributed by atoms with Crippen LogP contribution >= 0.6 is 0 Å². The number of carbonyl (C=O) groups excluding carboxylic acids is 1.